The zero-order valence-corrected chi connectivity index (χ0v) is 13.0. The predicted octanol–water partition coefficient (Wildman–Crippen LogP) is 1.37. The number of anilines is 2. The fourth-order valence-electron chi connectivity index (χ4n) is 2.23. The third kappa shape index (κ3) is 4.00. The molecule has 6 heteroatoms. The summed E-state index contributed by atoms with van der Waals surface area (Å²) >= 11 is 0. The summed E-state index contributed by atoms with van der Waals surface area (Å²) < 4.78 is 5.66. The number of hydrogen-bond acceptors (Lipinski definition) is 5. The second-order valence-corrected chi connectivity index (χ2v) is 5.76. The molecule has 1 aromatic rings. The van der Waals surface area contributed by atoms with Gasteiger partial charge in [-0.3, -0.25) is 4.79 Å². The van der Waals surface area contributed by atoms with Crippen LogP contribution in [0, 0.1) is 5.92 Å². The topological polar surface area (TPSA) is 71.7 Å². The maximum absolute atomic E-state index is 11.3. The van der Waals surface area contributed by atoms with E-state index in [0.717, 1.165) is 32.0 Å². The Kier molecular flexibility index (Phi) is 4.88. The Morgan fingerprint density at radius 2 is 2.00 bits per heavy atom. The molecule has 116 valence electrons. The number of nitrogens with zero attached hydrogens (tertiary/aromatic N) is 3. The summed E-state index contributed by atoms with van der Waals surface area (Å²) in [5.41, 5.74) is 6.47. The van der Waals surface area contributed by atoms with E-state index in [9.17, 15) is 4.79 Å². The summed E-state index contributed by atoms with van der Waals surface area (Å²) in [4.78, 5) is 19.9. The summed E-state index contributed by atoms with van der Waals surface area (Å²) in [6.07, 6.45) is 0. The lowest BCUT2D eigenvalue weighted by Crippen LogP contribution is -2.48. The van der Waals surface area contributed by atoms with Crippen LogP contribution in [-0.4, -0.2) is 48.6 Å². The van der Waals surface area contributed by atoms with E-state index in [1.165, 1.54) is 0 Å². The molecular formula is C15H24N4O2. The van der Waals surface area contributed by atoms with Crippen molar-refractivity contribution in [3.05, 3.63) is 12.1 Å². The van der Waals surface area contributed by atoms with E-state index in [1.54, 1.807) is 6.92 Å². The average Bonchev–Trinajstić information content (AvgIpc) is 2.46. The van der Waals surface area contributed by atoms with Crippen LogP contribution in [0.4, 0.5) is 11.5 Å². The van der Waals surface area contributed by atoms with Gasteiger partial charge in [-0.25, -0.2) is 0 Å². The number of pyridine rings is 1. The first-order valence-corrected chi connectivity index (χ1v) is 7.37. The Hall–Kier alpha value is -1.98. The lowest BCUT2D eigenvalue weighted by atomic mass is 10.2. The Morgan fingerprint density at radius 1 is 1.33 bits per heavy atom. The van der Waals surface area contributed by atoms with Gasteiger partial charge in [0.05, 0.1) is 12.3 Å². The van der Waals surface area contributed by atoms with Crippen molar-refractivity contribution >= 4 is 17.4 Å². The Morgan fingerprint density at radius 3 is 2.57 bits per heavy atom. The fraction of sp³-hybridized carbons (Fsp3) is 0.600. The number of nitrogen functional groups attached to an aromatic ring is 1. The lowest BCUT2D eigenvalue weighted by Gasteiger charge is -2.35. The molecule has 1 saturated heterocycles. The van der Waals surface area contributed by atoms with Crippen molar-refractivity contribution in [2.24, 2.45) is 5.92 Å². The second-order valence-electron chi connectivity index (χ2n) is 5.76. The molecule has 6 nitrogen and oxygen atoms in total. The number of rotatable bonds is 4. The van der Waals surface area contributed by atoms with E-state index >= 15 is 0 Å². The molecule has 1 fully saturated rings. The highest BCUT2D eigenvalue weighted by Crippen LogP contribution is 2.24. The highest BCUT2D eigenvalue weighted by Gasteiger charge is 2.20. The van der Waals surface area contributed by atoms with E-state index in [0.29, 0.717) is 24.1 Å². The van der Waals surface area contributed by atoms with E-state index in [4.69, 9.17) is 10.5 Å². The van der Waals surface area contributed by atoms with Crippen molar-refractivity contribution in [1.82, 2.24) is 9.88 Å². The number of amides is 1. The largest absolute Gasteiger partial charge is 0.476 e. The number of carbonyl (C=O) groups excluding carboxylic acids is 1. The summed E-state index contributed by atoms with van der Waals surface area (Å²) in [6.45, 7) is 9.38. The highest BCUT2D eigenvalue weighted by atomic mass is 16.5. The first-order chi connectivity index (χ1) is 9.97. The quantitative estimate of drug-likeness (QED) is 0.907. The van der Waals surface area contributed by atoms with Crippen molar-refractivity contribution in [3.63, 3.8) is 0 Å². The zero-order valence-electron chi connectivity index (χ0n) is 13.0. The third-order valence-corrected chi connectivity index (χ3v) is 3.48. The number of piperazine rings is 1. The van der Waals surface area contributed by atoms with Crippen molar-refractivity contribution in [2.75, 3.05) is 43.4 Å². The van der Waals surface area contributed by atoms with Gasteiger partial charge in [-0.2, -0.15) is 4.98 Å². The molecule has 0 aromatic carbocycles. The summed E-state index contributed by atoms with van der Waals surface area (Å²) in [5.74, 6) is 1.90. The minimum absolute atomic E-state index is 0.126. The highest BCUT2D eigenvalue weighted by molar-refractivity contribution is 5.73. The van der Waals surface area contributed by atoms with E-state index < -0.39 is 0 Å². The molecule has 0 spiro atoms. The molecule has 21 heavy (non-hydrogen) atoms. The van der Waals surface area contributed by atoms with Gasteiger partial charge in [-0.1, -0.05) is 13.8 Å². The van der Waals surface area contributed by atoms with Crippen LogP contribution in [0.2, 0.25) is 0 Å². The Bertz CT molecular complexity index is 496. The van der Waals surface area contributed by atoms with Crippen LogP contribution in [0.25, 0.3) is 0 Å². The van der Waals surface area contributed by atoms with Crippen molar-refractivity contribution in [1.29, 1.82) is 0 Å². The molecule has 0 atom stereocenters. The monoisotopic (exact) mass is 292 g/mol. The summed E-state index contributed by atoms with van der Waals surface area (Å²) in [7, 11) is 0. The van der Waals surface area contributed by atoms with Gasteiger partial charge in [0.25, 0.3) is 0 Å². The number of ether oxygens (including phenoxy) is 1. The number of hydrogen-bond donors (Lipinski definition) is 1. The van der Waals surface area contributed by atoms with Gasteiger partial charge in [-0.15, -0.1) is 0 Å². The Balaban J connectivity index is 2.04. The lowest BCUT2D eigenvalue weighted by molar-refractivity contribution is -0.129. The van der Waals surface area contributed by atoms with E-state index in [2.05, 4.69) is 23.7 Å². The minimum atomic E-state index is 0.126. The Labute approximate surface area is 125 Å². The van der Waals surface area contributed by atoms with Gasteiger partial charge in [0, 0.05) is 33.1 Å². The molecule has 0 saturated carbocycles. The molecule has 1 aliphatic rings. The first-order valence-electron chi connectivity index (χ1n) is 7.37. The van der Waals surface area contributed by atoms with Crippen LogP contribution in [-0.2, 0) is 4.79 Å². The van der Waals surface area contributed by atoms with Crippen LogP contribution in [0.3, 0.4) is 0 Å². The molecule has 0 bridgehead atoms. The van der Waals surface area contributed by atoms with Gasteiger partial charge < -0.3 is 20.3 Å². The van der Waals surface area contributed by atoms with Gasteiger partial charge >= 0.3 is 0 Å². The molecule has 0 radical (unpaired) electrons. The van der Waals surface area contributed by atoms with Crippen LogP contribution in [0.1, 0.15) is 20.8 Å². The predicted molar refractivity (Wildman–Crippen MR) is 83.4 cm³/mol. The molecule has 2 N–H and O–H groups in total. The van der Waals surface area contributed by atoms with Crippen LogP contribution in [0.15, 0.2) is 12.1 Å². The number of nitrogens with two attached hydrogens (primary N) is 1. The fourth-order valence-corrected chi connectivity index (χ4v) is 2.23. The van der Waals surface area contributed by atoms with Crippen LogP contribution >= 0.6 is 0 Å². The van der Waals surface area contributed by atoms with Crippen LogP contribution in [0.5, 0.6) is 5.88 Å². The molecule has 0 unspecified atom stereocenters. The molecule has 1 aliphatic heterocycles. The van der Waals surface area contributed by atoms with Crippen molar-refractivity contribution in [3.8, 4) is 5.88 Å². The van der Waals surface area contributed by atoms with Crippen LogP contribution < -0.4 is 15.4 Å². The zero-order chi connectivity index (χ0) is 15.4. The molecule has 2 heterocycles. The van der Waals surface area contributed by atoms with Gasteiger partial charge in [0.2, 0.25) is 11.8 Å². The molecule has 1 amide bonds. The van der Waals surface area contributed by atoms with Gasteiger partial charge in [0.1, 0.15) is 5.82 Å². The number of carbonyl (C=O) groups is 1. The number of aromatic nitrogens is 1. The van der Waals surface area contributed by atoms with E-state index in [1.807, 2.05) is 17.0 Å². The smallest absolute Gasteiger partial charge is 0.239 e. The molecule has 0 aliphatic carbocycles. The van der Waals surface area contributed by atoms with Crippen molar-refractivity contribution < 1.29 is 9.53 Å². The molecule has 2 rings (SSSR count). The minimum Gasteiger partial charge on any atom is -0.476 e. The first kappa shape index (κ1) is 15.4. The molecular weight excluding hydrogens is 268 g/mol. The van der Waals surface area contributed by atoms with Gasteiger partial charge in [-0.05, 0) is 18.1 Å². The SMILES string of the molecule is CC(=O)N1CCN(c2ccc(N)c(OCC(C)C)n2)CC1. The summed E-state index contributed by atoms with van der Waals surface area (Å²) in [6, 6.07) is 3.73. The van der Waals surface area contributed by atoms with Crippen molar-refractivity contribution in [2.45, 2.75) is 20.8 Å². The van der Waals surface area contributed by atoms with E-state index in [-0.39, 0.29) is 5.91 Å². The molecule has 1 aromatic heterocycles. The maximum atomic E-state index is 11.3. The maximum Gasteiger partial charge on any atom is 0.239 e. The standard InChI is InChI=1S/C15H24N4O2/c1-11(2)10-21-15-13(16)4-5-14(17-15)19-8-6-18(7-9-19)12(3)20/h4-5,11H,6-10,16H2,1-3H3. The normalized spacial score (nSPS) is 15.4. The third-order valence-electron chi connectivity index (χ3n) is 3.48. The summed E-state index contributed by atoms with van der Waals surface area (Å²) in [5, 5.41) is 0. The average molecular weight is 292 g/mol. The second kappa shape index (κ2) is 6.65. The van der Waals surface area contributed by atoms with Gasteiger partial charge in [0.15, 0.2) is 0 Å².